The highest BCUT2D eigenvalue weighted by molar-refractivity contribution is 8.00. The Morgan fingerprint density at radius 3 is 2.55 bits per heavy atom. The molecule has 114 valence electrons. The molecular weight excluding hydrogens is 272 g/mol. The number of rotatable bonds is 5. The van der Waals surface area contributed by atoms with E-state index in [1.54, 1.807) is 4.90 Å². The molecule has 0 radical (unpaired) electrons. The van der Waals surface area contributed by atoms with Crippen molar-refractivity contribution >= 4 is 23.6 Å². The average Bonchev–Trinajstić information content (AvgIpc) is 2.50. The van der Waals surface area contributed by atoms with Crippen molar-refractivity contribution in [3.05, 3.63) is 0 Å². The first-order chi connectivity index (χ1) is 9.56. The lowest BCUT2D eigenvalue weighted by atomic mass is 9.96. The molecule has 20 heavy (non-hydrogen) atoms. The van der Waals surface area contributed by atoms with Crippen LogP contribution in [0.15, 0.2) is 0 Å². The van der Waals surface area contributed by atoms with E-state index in [0.29, 0.717) is 6.54 Å². The summed E-state index contributed by atoms with van der Waals surface area (Å²) in [6.07, 6.45) is 7.09. The Labute approximate surface area is 126 Å². The maximum atomic E-state index is 12.7. The first kappa shape index (κ1) is 15.7. The molecular formula is C15H26N2O2S. The van der Waals surface area contributed by atoms with E-state index in [1.807, 2.05) is 16.7 Å². The number of fused-ring (bicyclic) bond motifs is 1. The summed E-state index contributed by atoms with van der Waals surface area (Å²) in [5, 5.41) is 0. The molecule has 0 spiro atoms. The van der Waals surface area contributed by atoms with Crippen LogP contribution < -0.4 is 0 Å². The van der Waals surface area contributed by atoms with Gasteiger partial charge in [-0.15, -0.1) is 0 Å². The molecule has 1 atom stereocenters. The Morgan fingerprint density at radius 1 is 1.25 bits per heavy atom. The SMILES string of the molecule is CCC(CC)(CN1CC(=O)N2CCCCC2C1=O)SC. The fourth-order valence-corrected chi connectivity index (χ4v) is 4.20. The second-order valence-corrected chi connectivity index (χ2v) is 7.16. The van der Waals surface area contributed by atoms with Gasteiger partial charge in [-0.25, -0.2) is 0 Å². The van der Waals surface area contributed by atoms with Crippen molar-refractivity contribution in [1.82, 2.24) is 9.80 Å². The van der Waals surface area contributed by atoms with Gasteiger partial charge in [-0.3, -0.25) is 9.59 Å². The minimum Gasteiger partial charge on any atom is -0.330 e. The Hall–Kier alpha value is -0.710. The van der Waals surface area contributed by atoms with E-state index in [1.165, 1.54) is 0 Å². The van der Waals surface area contributed by atoms with Crippen molar-refractivity contribution in [2.24, 2.45) is 0 Å². The van der Waals surface area contributed by atoms with Crippen molar-refractivity contribution in [3.63, 3.8) is 0 Å². The van der Waals surface area contributed by atoms with Crippen LogP contribution in [0.1, 0.15) is 46.0 Å². The van der Waals surface area contributed by atoms with E-state index in [-0.39, 0.29) is 29.1 Å². The van der Waals surface area contributed by atoms with Crippen molar-refractivity contribution in [1.29, 1.82) is 0 Å². The number of hydrogen-bond donors (Lipinski definition) is 0. The number of carbonyl (C=O) groups excluding carboxylic acids is 2. The third-order valence-electron chi connectivity index (χ3n) is 4.95. The van der Waals surface area contributed by atoms with Gasteiger partial charge in [0.1, 0.15) is 6.04 Å². The zero-order valence-electron chi connectivity index (χ0n) is 12.9. The van der Waals surface area contributed by atoms with E-state index < -0.39 is 0 Å². The summed E-state index contributed by atoms with van der Waals surface area (Å²) >= 11 is 1.82. The molecule has 1 unspecified atom stereocenters. The van der Waals surface area contributed by atoms with Gasteiger partial charge in [0.05, 0.1) is 6.54 Å². The maximum Gasteiger partial charge on any atom is 0.245 e. The van der Waals surface area contributed by atoms with Gasteiger partial charge in [0.15, 0.2) is 0 Å². The number of amides is 2. The molecule has 5 heteroatoms. The predicted molar refractivity (Wildman–Crippen MR) is 82.8 cm³/mol. The zero-order chi connectivity index (χ0) is 14.8. The van der Waals surface area contributed by atoms with Gasteiger partial charge in [-0.05, 0) is 38.4 Å². The van der Waals surface area contributed by atoms with Gasteiger partial charge < -0.3 is 9.80 Å². The lowest BCUT2D eigenvalue weighted by Crippen LogP contribution is -2.63. The molecule has 2 fully saturated rings. The minimum atomic E-state index is -0.182. The Morgan fingerprint density at radius 2 is 1.95 bits per heavy atom. The van der Waals surface area contributed by atoms with E-state index in [9.17, 15) is 9.59 Å². The fraction of sp³-hybridized carbons (Fsp3) is 0.867. The second kappa shape index (κ2) is 6.37. The van der Waals surface area contributed by atoms with Crippen LogP contribution in [0.25, 0.3) is 0 Å². The third kappa shape index (κ3) is 2.83. The van der Waals surface area contributed by atoms with Crippen molar-refractivity contribution in [3.8, 4) is 0 Å². The van der Waals surface area contributed by atoms with Gasteiger partial charge in [-0.1, -0.05) is 13.8 Å². The summed E-state index contributed by atoms with van der Waals surface area (Å²) in [6, 6.07) is -0.182. The van der Waals surface area contributed by atoms with Crippen LogP contribution in [0.3, 0.4) is 0 Å². The first-order valence-corrected chi connectivity index (χ1v) is 8.92. The molecule has 2 aliphatic heterocycles. The molecule has 2 saturated heterocycles. The molecule has 0 saturated carbocycles. The monoisotopic (exact) mass is 298 g/mol. The van der Waals surface area contributed by atoms with Crippen molar-refractivity contribution in [2.75, 3.05) is 25.9 Å². The van der Waals surface area contributed by atoms with Gasteiger partial charge in [-0.2, -0.15) is 11.8 Å². The second-order valence-electron chi connectivity index (χ2n) is 5.89. The molecule has 0 aromatic rings. The minimum absolute atomic E-state index is 0.0901. The zero-order valence-corrected chi connectivity index (χ0v) is 13.7. The van der Waals surface area contributed by atoms with E-state index in [2.05, 4.69) is 20.1 Å². The van der Waals surface area contributed by atoms with E-state index in [0.717, 1.165) is 38.6 Å². The van der Waals surface area contributed by atoms with Crippen LogP contribution in [-0.2, 0) is 9.59 Å². The molecule has 0 N–H and O–H groups in total. The summed E-state index contributed by atoms with van der Waals surface area (Å²) in [7, 11) is 0. The van der Waals surface area contributed by atoms with Crippen LogP contribution in [0.2, 0.25) is 0 Å². The Kier molecular flexibility index (Phi) is 4.99. The van der Waals surface area contributed by atoms with E-state index >= 15 is 0 Å². The normalized spacial score (nSPS) is 24.1. The summed E-state index contributed by atoms with van der Waals surface area (Å²) in [5.41, 5.74) is 0. The average molecular weight is 298 g/mol. The summed E-state index contributed by atoms with van der Waals surface area (Å²) in [5.74, 6) is 0.307. The first-order valence-electron chi connectivity index (χ1n) is 7.70. The largest absolute Gasteiger partial charge is 0.330 e. The molecule has 4 nitrogen and oxygen atoms in total. The van der Waals surface area contributed by atoms with Crippen LogP contribution in [0, 0.1) is 0 Å². The number of piperidine rings is 1. The molecule has 0 aromatic heterocycles. The van der Waals surface area contributed by atoms with Crippen LogP contribution in [0.4, 0.5) is 0 Å². The Balaban J connectivity index is 2.12. The summed E-state index contributed by atoms with van der Waals surface area (Å²) < 4.78 is 0.0901. The molecule has 0 bridgehead atoms. The highest BCUT2D eigenvalue weighted by Crippen LogP contribution is 2.33. The lowest BCUT2D eigenvalue weighted by molar-refractivity contribution is -0.158. The standard InChI is InChI=1S/C15H26N2O2S/c1-4-15(5-2,20-3)11-16-10-13(18)17-9-7-6-8-12(17)14(16)19/h12H,4-11H2,1-3H3. The maximum absolute atomic E-state index is 12.7. The summed E-state index contributed by atoms with van der Waals surface area (Å²) in [6.45, 7) is 6.08. The topological polar surface area (TPSA) is 40.6 Å². The van der Waals surface area contributed by atoms with Crippen molar-refractivity contribution < 1.29 is 9.59 Å². The number of thioether (sulfide) groups is 1. The molecule has 2 amide bonds. The smallest absolute Gasteiger partial charge is 0.245 e. The van der Waals surface area contributed by atoms with E-state index in [4.69, 9.17) is 0 Å². The lowest BCUT2D eigenvalue weighted by Gasteiger charge is -2.45. The third-order valence-corrected chi connectivity index (χ3v) is 6.52. The molecule has 2 rings (SSSR count). The fourth-order valence-electron chi connectivity index (χ4n) is 3.34. The molecule has 0 aromatic carbocycles. The number of nitrogens with zero attached hydrogens (tertiary/aromatic N) is 2. The summed E-state index contributed by atoms with van der Waals surface area (Å²) in [4.78, 5) is 28.5. The van der Waals surface area contributed by atoms with Gasteiger partial charge >= 0.3 is 0 Å². The van der Waals surface area contributed by atoms with Crippen LogP contribution in [-0.4, -0.2) is 58.3 Å². The van der Waals surface area contributed by atoms with Crippen LogP contribution >= 0.6 is 11.8 Å². The Bertz CT molecular complexity index is 374. The van der Waals surface area contributed by atoms with Gasteiger partial charge in [0.25, 0.3) is 0 Å². The molecule has 2 heterocycles. The molecule has 0 aliphatic carbocycles. The van der Waals surface area contributed by atoms with Crippen LogP contribution in [0.5, 0.6) is 0 Å². The highest BCUT2D eigenvalue weighted by atomic mass is 32.2. The number of piperazine rings is 1. The molecule has 2 aliphatic rings. The highest BCUT2D eigenvalue weighted by Gasteiger charge is 2.42. The number of carbonyl (C=O) groups is 2. The number of hydrogen-bond acceptors (Lipinski definition) is 3. The van der Waals surface area contributed by atoms with Gasteiger partial charge in [0.2, 0.25) is 11.8 Å². The van der Waals surface area contributed by atoms with Crippen molar-refractivity contribution in [2.45, 2.75) is 56.7 Å². The predicted octanol–water partition coefficient (Wildman–Crippen LogP) is 2.13. The quantitative estimate of drug-likeness (QED) is 0.781. The van der Waals surface area contributed by atoms with Gasteiger partial charge in [0, 0.05) is 17.8 Å².